The first kappa shape index (κ1) is 13.6. The van der Waals surface area contributed by atoms with Crippen LogP contribution >= 0.6 is 0 Å². The Morgan fingerprint density at radius 1 is 0.913 bits per heavy atom. The van der Waals surface area contributed by atoms with Crippen LogP contribution in [-0.2, 0) is 0 Å². The number of benzene rings is 2. The normalized spacial score (nSPS) is 10.8. The number of pyridine rings is 1. The van der Waals surface area contributed by atoms with Crippen LogP contribution in [0.25, 0.3) is 27.7 Å². The fourth-order valence-electron chi connectivity index (χ4n) is 2.83. The number of rotatable bonds is 3. The molecule has 0 spiro atoms. The minimum Gasteiger partial charge on any atom is -0.497 e. The summed E-state index contributed by atoms with van der Waals surface area (Å²) in [7, 11) is 1.69. The molecule has 4 aromatic rings. The summed E-state index contributed by atoms with van der Waals surface area (Å²) in [6, 6.07) is 20.8. The highest BCUT2D eigenvalue weighted by atomic mass is 16.5. The van der Waals surface area contributed by atoms with Gasteiger partial charge < -0.3 is 9.30 Å². The van der Waals surface area contributed by atoms with Crippen molar-refractivity contribution in [2.24, 2.45) is 0 Å². The first-order valence-corrected chi connectivity index (χ1v) is 7.51. The van der Waals surface area contributed by atoms with Gasteiger partial charge in [0.2, 0.25) is 0 Å². The molecule has 0 unspecified atom stereocenters. The van der Waals surface area contributed by atoms with E-state index in [-0.39, 0.29) is 0 Å². The Bertz CT molecular complexity index is 958. The van der Waals surface area contributed by atoms with Crippen LogP contribution < -0.4 is 4.74 Å². The summed E-state index contributed by atoms with van der Waals surface area (Å²) in [6.45, 7) is 0. The summed E-state index contributed by atoms with van der Waals surface area (Å²) in [6.07, 6.45) is 5.74. The van der Waals surface area contributed by atoms with Crippen molar-refractivity contribution in [3.8, 4) is 22.6 Å². The van der Waals surface area contributed by atoms with Crippen molar-refractivity contribution in [2.75, 3.05) is 7.11 Å². The quantitative estimate of drug-likeness (QED) is 0.548. The lowest BCUT2D eigenvalue weighted by atomic mass is 10.0. The molecular weight excluding hydrogens is 284 g/mol. The Kier molecular flexibility index (Phi) is 3.31. The average Bonchev–Trinajstić information content (AvgIpc) is 3.05. The Morgan fingerprint density at radius 3 is 2.65 bits per heavy atom. The van der Waals surface area contributed by atoms with Gasteiger partial charge in [-0.3, -0.25) is 4.98 Å². The molecule has 4 rings (SSSR count). The molecular formula is C20H16N2O. The predicted octanol–water partition coefficient (Wildman–Crippen LogP) is 4.70. The van der Waals surface area contributed by atoms with Crippen molar-refractivity contribution >= 4 is 10.9 Å². The summed E-state index contributed by atoms with van der Waals surface area (Å²) >= 11 is 0. The van der Waals surface area contributed by atoms with Crippen molar-refractivity contribution in [1.29, 1.82) is 0 Å². The van der Waals surface area contributed by atoms with Gasteiger partial charge in [0.15, 0.2) is 0 Å². The van der Waals surface area contributed by atoms with Gasteiger partial charge in [-0.05, 0) is 52.9 Å². The second kappa shape index (κ2) is 5.61. The summed E-state index contributed by atoms with van der Waals surface area (Å²) in [5.41, 5.74) is 4.54. The Labute approximate surface area is 134 Å². The molecule has 112 valence electrons. The van der Waals surface area contributed by atoms with Gasteiger partial charge in [0, 0.05) is 12.4 Å². The number of ether oxygens (including phenoxy) is 1. The molecule has 2 heterocycles. The predicted molar refractivity (Wildman–Crippen MR) is 93.1 cm³/mol. The molecule has 23 heavy (non-hydrogen) atoms. The molecule has 3 heteroatoms. The zero-order valence-electron chi connectivity index (χ0n) is 12.8. The van der Waals surface area contributed by atoms with Gasteiger partial charge in [0.05, 0.1) is 24.5 Å². The Balaban J connectivity index is 1.87. The molecule has 0 radical (unpaired) electrons. The lowest BCUT2D eigenvalue weighted by Gasteiger charge is -2.08. The fourth-order valence-corrected chi connectivity index (χ4v) is 2.83. The van der Waals surface area contributed by atoms with Crippen LogP contribution in [0.2, 0.25) is 0 Å². The average molecular weight is 300 g/mol. The van der Waals surface area contributed by atoms with Crippen LogP contribution in [0.4, 0.5) is 0 Å². The molecule has 0 aliphatic heterocycles. The van der Waals surface area contributed by atoms with Crippen molar-refractivity contribution < 1.29 is 4.74 Å². The van der Waals surface area contributed by atoms with E-state index in [2.05, 4.69) is 58.2 Å². The van der Waals surface area contributed by atoms with E-state index in [4.69, 9.17) is 4.74 Å². The number of hydrogen-bond donors (Lipinski definition) is 0. The van der Waals surface area contributed by atoms with Gasteiger partial charge in [-0.2, -0.15) is 0 Å². The smallest absolute Gasteiger partial charge is 0.119 e. The number of nitrogens with zero attached hydrogens (tertiary/aromatic N) is 2. The highest BCUT2D eigenvalue weighted by molar-refractivity contribution is 5.87. The van der Waals surface area contributed by atoms with E-state index in [0.717, 1.165) is 17.0 Å². The molecule has 0 aliphatic rings. The molecule has 2 aromatic heterocycles. The highest BCUT2D eigenvalue weighted by Crippen LogP contribution is 2.28. The third kappa shape index (κ3) is 2.46. The third-order valence-electron chi connectivity index (χ3n) is 4.02. The number of hydrogen-bond acceptors (Lipinski definition) is 2. The van der Waals surface area contributed by atoms with E-state index in [1.54, 1.807) is 13.3 Å². The van der Waals surface area contributed by atoms with Crippen molar-refractivity contribution in [3.63, 3.8) is 0 Å². The molecule has 0 aliphatic carbocycles. The fraction of sp³-hybridized carbons (Fsp3) is 0.0500. The Hall–Kier alpha value is -3.07. The third-order valence-corrected chi connectivity index (χ3v) is 4.02. The number of aromatic nitrogens is 2. The molecule has 0 saturated heterocycles. The standard InChI is InChI=1S/C20H16N2O/c1-23-19-6-2-4-16(12-19)17-8-7-15-9-11-22(20(15)13-17)18-5-3-10-21-14-18/h2-14H,1H3. The molecule has 0 bridgehead atoms. The summed E-state index contributed by atoms with van der Waals surface area (Å²) in [5.74, 6) is 0.866. The number of methoxy groups -OCH3 is 1. The molecule has 0 atom stereocenters. The first-order valence-electron chi connectivity index (χ1n) is 7.51. The van der Waals surface area contributed by atoms with E-state index in [0.29, 0.717) is 0 Å². The zero-order chi connectivity index (χ0) is 15.6. The molecule has 3 nitrogen and oxygen atoms in total. The van der Waals surface area contributed by atoms with Crippen molar-refractivity contribution in [3.05, 3.63) is 79.3 Å². The van der Waals surface area contributed by atoms with Crippen LogP contribution in [0.5, 0.6) is 5.75 Å². The maximum absolute atomic E-state index is 5.33. The van der Waals surface area contributed by atoms with Gasteiger partial charge in [0.1, 0.15) is 5.75 Å². The molecule has 0 saturated carbocycles. The number of fused-ring (bicyclic) bond motifs is 1. The summed E-state index contributed by atoms with van der Waals surface area (Å²) in [5, 5.41) is 1.21. The minimum absolute atomic E-state index is 0.866. The van der Waals surface area contributed by atoms with E-state index in [9.17, 15) is 0 Å². The van der Waals surface area contributed by atoms with Gasteiger partial charge >= 0.3 is 0 Å². The van der Waals surface area contributed by atoms with E-state index in [1.165, 1.54) is 16.5 Å². The monoisotopic (exact) mass is 300 g/mol. The van der Waals surface area contributed by atoms with Crippen LogP contribution in [-0.4, -0.2) is 16.7 Å². The maximum Gasteiger partial charge on any atom is 0.119 e. The van der Waals surface area contributed by atoms with E-state index < -0.39 is 0 Å². The second-order valence-electron chi connectivity index (χ2n) is 5.40. The zero-order valence-corrected chi connectivity index (χ0v) is 12.8. The van der Waals surface area contributed by atoms with Gasteiger partial charge in [-0.15, -0.1) is 0 Å². The van der Waals surface area contributed by atoms with Crippen LogP contribution in [0.15, 0.2) is 79.3 Å². The molecule has 0 N–H and O–H groups in total. The van der Waals surface area contributed by atoms with Crippen molar-refractivity contribution in [2.45, 2.75) is 0 Å². The van der Waals surface area contributed by atoms with Gasteiger partial charge in [-0.25, -0.2) is 0 Å². The lowest BCUT2D eigenvalue weighted by molar-refractivity contribution is 0.415. The summed E-state index contributed by atoms with van der Waals surface area (Å²) in [4.78, 5) is 4.21. The van der Waals surface area contributed by atoms with Gasteiger partial charge in [-0.1, -0.05) is 24.3 Å². The molecule has 0 amide bonds. The lowest BCUT2D eigenvalue weighted by Crippen LogP contribution is -1.92. The summed E-state index contributed by atoms with van der Waals surface area (Å²) < 4.78 is 7.49. The van der Waals surface area contributed by atoms with Crippen LogP contribution in [0.3, 0.4) is 0 Å². The highest BCUT2D eigenvalue weighted by Gasteiger charge is 2.06. The maximum atomic E-state index is 5.33. The topological polar surface area (TPSA) is 27.1 Å². The molecule has 2 aromatic carbocycles. The molecule has 0 fully saturated rings. The van der Waals surface area contributed by atoms with E-state index >= 15 is 0 Å². The van der Waals surface area contributed by atoms with Crippen LogP contribution in [0.1, 0.15) is 0 Å². The second-order valence-corrected chi connectivity index (χ2v) is 5.40. The SMILES string of the molecule is COc1cccc(-c2ccc3ccn(-c4cccnc4)c3c2)c1. The first-order chi connectivity index (χ1) is 11.3. The van der Waals surface area contributed by atoms with E-state index in [1.807, 2.05) is 24.4 Å². The van der Waals surface area contributed by atoms with Crippen LogP contribution in [0, 0.1) is 0 Å². The van der Waals surface area contributed by atoms with Crippen molar-refractivity contribution in [1.82, 2.24) is 9.55 Å². The largest absolute Gasteiger partial charge is 0.497 e. The minimum atomic E-state index is 0.866. The Morgan fingerprint density at radius 2 is 1.83 bits per heavy atom. The van der Waals surface area contributed by atoms with Gasteiger partial charge in [0.25, 0.3) is 0 Å².